The maximum atomic E-state index is 14.6. The highest BCUT2D eigenvalue weighted by Crippen LogP contribution is 2.30. The number of ether oxygens (including phenoxy) is 1. The molecule has 2 aromatic rings. The molecule has 0 bridgehead atoms. The van der Waals surface area contributed by atoms with Crippen LogP contribution in [-0.4, -0.2) is 80.9 Å². The van der Waals surface area contributed by atoms with Gasteiger partial charge in [-0.3, -0.25) is 4.79 Å². The Labute approximate surface area is 188 Å². The van der Waals surface area contributed by atoms with E-state index in [1.54, 1.807) is 0 Å². The van der Waals surface area contributed by atoms with E-state index >= 15 is 0 Å². The Balaban J connectivity index is 1.39. The van der Waals surface area contributed by atoms with E-state index in [-0.39, 0.29) is 30.5 Å². The van der Waals surface area contributed by atoms with Crippen molar-refractivity contribution < 1.29 is 33.3 Å². The van der Waals surface area contributed by atoms with Gasteiger partial charge in [-0.05, 0) is 42.9 Å². The number of carbonyl (C=O) groups excluding carboxylic acids is 1. The monoisotopic (exact) mass is 462 g/mol. The number of carbonyl (C=O) groups is 2. The molecule has 2 aliphatic heterocycles. The molecule has 1 atom stereocenters. The van der Waals surface area contributed by atoms with Gasteiger partial charge in [-0.1, -0.05) is 0 Å². The SMILES string of the molecule is O=C(O)N1CCC(COc2c(F)cc(-c3cnc(C(=O)N4CCC(O)C4)nc3)cc2F)CC1. The molecular formula is C22H24F2N4O5. The number of aliphatic hydroxyl groups is 1. The maximum Gasteiger partial charge on any atom is 0.407 e. The fourth-order valence-electron chi connectivity index (χ4n) is 4.01. The zero-order valence-electron chi connectivity index (χ0n) is 17.8. The van der Waals surface area contributed by atoms with Crippen LogP contribution in [0.2, 0.25) is 0 Å². The summed E-state index contributed by atoms with van der Waals surface area (Å²) in [6.45, 7) is 1.46. The molecule has 1 aromatic carbocycles. The first-order valence-electron chi connectivity index (χ1n) is 10.7. The Morgan fingerprint density at radius 2 is 1.61 bits per heavy atom. The summed E-state index contributed by atoms with van der Waals surface area (Å²) in [4.78, 5) is 34.1. The molecule has 33 heavy (non-hydrogen) atoms. The van der Waals surface area contributed by atoms with Crippen LogP contribution >= 0.6 is 0 Å². The number of hydrogen-bond donors (Lipinski definition) is 2. The van der Waals surface area contributed by atoms with E-state index in [0.29, 0.717) is 44.5 Å². The number of benzene rings is 1. The summed E-state index contributed by atoms with van der Waals surface area (Å²) in [5.41, 5.74) is 0.529. The third kappa shape index (κ3) is 5.19. The molecule has 11 heteroatoms. The molecule has 2 aliphatic rings. The van der Waals surface area contributed by atoms with Crippen LogP contribution < -0.4 is 4.74 Å². The Kier molecular flexibility index (Phi) is 6.68. The molecule has 2 N–H and O–H groups in total. The second-order valence-electron chi connectivity index (χ2n) is 8.28. The number of aliphatic hydroxyl groups excluding tert-OH is 1. The highest BCUT2D eigenvalue weighted by atomic mass is 19.1. The zero-order chi connectivity index (χ0) is 23.5. The van der Waals surface area contributed by atoms with Crippen molar-refractivity contribution in [3.8, 4) is 16.9 Å². The molecule has 0 spiro atoms. The van der Waals surface area contributed by atoms with Crippen molar-refractivity contribution >= 4 is 12.0 Å². The first-order chi connectivity index (χ1) is 15.8. The number of rotatable bonds is 5. The largest absolute Gasteiger partial charge is 0.487 e. The first kappa shape index (κ1) is 22.8. The number of likely N-dealkylation sites (tertiary alicyclic amines) is 2. The summed E-state index contributed by atoms with van der Waals surface area (Å²) >= 11 is 0. The van der Waals surface area contributed by atoms with Gasteiger partial charge in [-0.15, -0.1) is 0 Å². The van der Waals surface area contributed by atoms with Gasteiger partial charge in [0.1, 0.15) is 0 Å². The van der Waals surface area contributed by atoms with Crippen molar-refractivity contribution in [1.82, 2.24) is 19.8 Å². The molecule has 1 unspecified atom stereocenters. The van der Waals surface area contributed by atoms with E-state index < -0.39 is 35.5 Å². The quantitative estimate of drug-likeness (QED) is 0.701. The van der Waals surface area contributed by atoms with Gasteiger partial charge in [0, 0.05) is 44.1 Å². The molecule has 2 amide bonds. The van der Waals surface area contributed by atoms with Gasteiger partial charge < -0.3 is 24.7 Å². The highest BCUT2D eigenvalue weighted by Gasteiger charge is 2.27. The van der Waals surface area contributed by atoms with Crippen molar-refractivity contribution in [2.24, 2.45) is 5.92 Å². The van der Waals surface area contributed by atoms with Gasteiger partial charge in [0.2, 0.25) is 5.82 Å². The standard InChI is InChI=1S/C22H24F2N4O5/c23-17-7-14(15-9-25-20(26-10-15)21(30)28-6-3-16(29)11-28)8-18(24)19(17)33-12-13-1-4-27(5-2-13)22(31)32/h7-10,13,16,29H,1-6,11-12H2,(H,31,32). The predicted octanol–water partition coefficient (Wildman–Crippen LogP) is 2.40. The number of aromatic nitrogens is 2. The van der Waals surface area contributed by atoms with Crippen molar-refractivity contribution in [2.75, 3.05) is 32.8 Å². The van der Waals surface area contributed by atoms with Gasteiger partial charge in [-0.25, -0.2) is 23.5 Å². The number of hydrogen-bond acceptors (Lipinski definition) is 6. The van der Waals surface area contributed by atoms with Gasteiger partial charge >= 0.3 is 6.09 Å². The number of amides is 2. The second kappa shape index (κ2) is 9.65. The number of carboxylic acid groups (broad SMARTS) is 1. The van der Waals surface area contributed by atoms with Gasteiger partial charge in [0.05, 0.1) is 12.7 Å². The summed E-state index contributed by atoms with van der Waals surface area (Å²) < 4.78 is 34.6. The number of β-amino-alcohol motifs (C(OH)–C–C–N with tert-alkyl or cyclic N) is 1. The fraction of sp³-hybridized carbons (Fsp3) is 0.455. The summed E-state index contributed by atoms with van der Waals surface area (Å²) in [6, 6.07) is 2.23. The molecule has 176 valence electrons. The third-order valence-corrected chi connectivity index (χ3v) is 5.97. The third-order valence-electron chi connectivity index (χ3n) is 5.97. The number of nitrogens with zero attached hydrogens (tertiary/aromatic N) is 4. The van der Waals surface area contributed by atoms with Crippen LogP contribution in [0.3, 0.4) is 0 Å². The molecule has 2 saturated heterocycles. The lowest BCUT2D eigenvalue weighted by Gasteiger charge is -2.29. The van der Waals surface area contributed by atoms with E-state index in [2.05, 4.69) is 9.97 Å². The molecule has 3 heterocycles. The molecule has 9 nitrogen and oxygen atoms in total. The fourth-order valence-corrected chi connectivity index (χ4v) is 4.01. The topological polar surface area (TPSA) is 116 Å². The van der Waals surface area contributed by atoms with Crippen LogP contribution in [0.1, 0.15) is 29.9 Å². The minimum atomic E-state index is -0.974. The van der Waals surface area contributed by atoms with Crippen LogP contribution in [0.5, 0.6) is 5.75 Å². The van der Waals surface area contributed by atoms with Crippen LogP contribution in [0.25, 0.3) is 11.1 Å². The molecule has 2 fully saturated rings. The first-order valence-corrected chi connectivity index (χ1v) is 10.7. The zero-order valence-corrected chi connectivity index (χ0v) is 17.8. The smallest absolute Gasteiger partial charge is 0.407 e. The lowest BCUT2D eigenvalue weighted by atomic mass is 9.98. The Morgan fingerprint density at radius 3 is 2.15 bits per heavy atom. The van der Waals surface area contributed by atoms with Crippen molar-refractivity contribution in [3.63, 3.8) is 0 Å². The molecule has 0 saturated carbocycles. The number of piperidine rings is 1. The average molecular weight is 462 g/mol. The Bertz CT molecular complexity index is 1000. The van der Waals surface area contributed by atoms with E-state index in [1.165, 1.54) is 22.2 Å². The summed E-state index contributed by atoms with van der Waals surface area (Å²) in [5.74, 6) is -2.69. The van der Waals surface area contributed by atoms with Crippen molar-refractivity contribution in [2.45, 2.75) is 25.4 Å². The Hall–Kier alpha value is -3.34. The van der Waals surface area contributed by atoms with E-state index in [4.69, 9.17) is 9.84 Å². The van der Waals surface area contributed by atoms with Crippen LogP contribution in [0, 0.1) is 17.6 Å². The molecule has 0 aliphatic carbocycles. The van der Waals surface area contributed by atoms with E-state index in [1.807, 2.05) is 0 Å². The second-order valence-corrected chi connectivity index (χ2v) is 8.28. The van der Waals surface area contributed by atoms with Crippen LogP contribution in [-0.2, 0) is 0 Å². The molecule has 1 aromatic heterocycles. The summed E-state index contributed by atoms with van der Waals surface area (Å²) in [5, 5.41) is 18.6. The van der Waals surface area contributed by atoms with Gasteiger partial charge in [0.15, 0.2) is 17.4 Å². The van der Waals surface area contributed by atoms with E-state index in [9.17, 15) is 23.5 Å². The normalized spacial score (nSPS) is 19.1. The van der Waals surface area contributed by atoms with Gasteiger partial charge in [0.25, 0.3) is 5.91 Å². The Morgan fingerprint density at radius 1 is 1.00 bits per heavy atom. The highest BCUT2D eigenvalue weighted by molar-refractivity contribution is 5.90. The van der Waals surface area contributed by atoms with Crippen molar-refractivity contribution in [3.05, 3.63) is 42.0 Å². The minimum absolute atomic E-state index is 0.00859. The maximum absolute atomic E-state index is 14.6. The van der Waals surface area contributed by atoms with Crippen LogP contribution in [0.4, 0.5) is 13.6 Å². The van der Waals surface area contributed by atoms with Crippen LogP contribution in [0.15, 0.2) is 24.5 Å². The van der Waals surface area contributed by atoms with E-state index in [0.717, 1.165) is 12.1 Å². The lowest BCUT2D eigenvalue weighted by molar-refractivity contribution is 0.0753. The van der Waals surface area contributed by atoms with Crippen molar-refractivity contribution in [1.29, 1.82) is 0 Å². The molecule has 0 radical (unpaired) electrons. The molecule has 4 rings (SSSR count). The van der Waals surface area contributed by atoms with Gasteiger partial charge in [-0.2, -0.15) is 0 Å². The number of halogens is 2. The summed E-state index contributed by atoms with van der Waals surface area (Å²) in [7, 11) is 0. The predicted molar refractivity (Wildman–Crippen MR) is 112 cm³/mol. The lowest BCUT2D eigenvalue weighted by Crippen LogP contribution is -2.38. The molecular weight excluding hydrogens is 438 g/mol. The summed E-state index contributed by atoms with van der Waals surface area (Å²) in [6.07, 6.45) is 2.72. The average Bonchev–Trinajstić information content (AvgIpc) is 3.24. The minimum Gasteiger partial charge on any atom is -0.487 e.